The smallest absolute Gasteiger partial charge is 0.326 e. The van der Waals surface area contributed by atoms with Crippen molar-refractivity contribution in [3.63, 3.8) is 0 Å². The summed E-state index contributed by atoms with van der Waals surface area (Å²) in [6.07, 6.45) is 1.40. The van der Waals surface area contributed by atoms with E-state index in [0.717, 1.165) is 16.5 Å². The molecule has 29 heavy (non-hydrogen) atoms. The lowest BCUT2D eigenvalue weighted by Crippen LogP contribution is -2.37. The molecule has 1 aromatic heterocycles. The fraction of sp³-hybridized carbons (Fsp3) is 0.190. The lowest BCUT2D eigenvalue weighted by molar-refractivity contribution is -0.147. The summed E-state index contributed by atoms with van der Waals surface area (Å²) < 4.78 is 23.8. The average molecular weight is 398 g/mol. The number of imide groups is 1. The number of rotatable bonds is 5. The molecule has 8 heteroatoms. The Labute approximate surface area is 165 Å². The number of esters is 1. The molecule has 0 aliphatic rings. The minimum absolute atomic E-state index is 0.0767. The molecule has 0 saturated carbocycles. The fourth-order valence-corrected chi connectivity index (χ4v) is 2.70. The Morgan fingerprint density at radius 2 is 1.83 bits per heavy atom. The second-order valence-corrected chi connectivity index (χ2v) is 6.51. The summed E-state index contributed by atoms with van der Waals surface area (Å²) in [5.41, 5.74) is 3.37. The van der Waals surface area contributed by atoms with Gasteiger partial charge in [-0.05, 0) is 49.2 Å². The highest BCUT2D eigenvalue weighted by atomic mass is 19.1. The maximum Gasteiger partial charge on any atom is 0.326 e. The lowest BCUT2D eigenvalue weighted by Gasteiger charge is -2.08. The van der Waals surface area contributed by atoms with E-state index in [-0.39, 0.29) is 12.1 Å². The highest BCUT2D eigenvalue weighted by Crippen LogP contribution is 2.25. The van der Waals surface area contributed by atoms with Crippen molar-refractivity contribution in [3.8, 4) is 0 Å². The zero-order valence-electron chi connectivity index (χ0n) is 15.9. The maximum absolute atomic E-state index is 13.5. The predicted octanol–water partition coefficient (Wildman–Crippen LogP) is 3.62. The summed E-state index contributed by atoms with van der Waals surface area (Å²) in [5.74, 6) is -2.12. The summed E-state index contributed by atoms with van der Waals surface area (Å²) in [6, 6.07) is 8.40. The van der Waals surface area contributed by atoms with Gasteiger partial charge in [0.15, 0.2) is 6.61 Å². The van der Waals surface area contributed by atoms with Crippen LogP contribution in [0.25, 0.3) is 11.0 Å². The van der Waals surface area contributed by atoms with Crippen LogP contribution in [0.1, 0.15) is 16.7 Å². The quantitative estimate of drug-likeness (QED) is 0.640. The normalized spacial score (nSPS) is 10.6. The van der Waals surface area contributed by atoms with E-state index in [9.17, 15) is 18.8 Å². The van der Waals surface area contributed by atoms with Crippen molar-refractivity contribution < 1.29 is 27.9 Å². The molecule has 2 N–H and O–H groups in total. The molecule has 0 saturated heterocycles. The number of ether oxygens (including phenoxy) is 1. The molecule has 0 fully saturated rings. The van der Waals surface area contributed by atoms with E-state index in [1.807, 2.05) is 31.3 Å². The number of para-hydroxylation sites is 1. The van der Waals surface area contributed by atoms with Crippen LogP contribution in [0.5, 0.6) is 0 Å². The molecular formula is C21H19FN2O5. The number of anilines is 1. The molecule has 0 spiro atoms. The standard InChI is InChI=1S/C21H19FN2O5/c1-12-7-15-14(10-28-18(15)8-13(12)2)9-20(26)29-11-19(25)24-21(27)23-17-6-4-3-5-16(17)22/h3-8,10H,9,11H2,1-2H3,(H2,23,24,25,27). The van der Waals surface area contributed by atoms with Gasteiger partial charge in [-0.25, -0.2) is 9.18 Å². The Kier molecular flexibility index (Phi) is 5.92. The van der Waals surface area contributed by atoms with E-state index in [1.54, 1.807) is 0 Å². The molecule has 150 valence electrons. The molecule has 0 atom stereocenters. The van der Waals surface area contributed by atoms with Crippen LogP contribution < -0.4 is 10.6 Å². The molecule has 0 aliphatic heterocycles. The number of hydrogen-bond donors (Lipinski definition) is 2. The molecule has 3 amide bonds. The van der Waals surface area contributed by atoms with Gasteiger partial charge in [-0.2, -0.15) is 0 Å². The first-order valence-corrected chi connectivity index (χ1v) is 8.82. The van der Waals surface area contributed by atoms with Gasteiger partial charge >= 0.3 is 12.0 Å². The zero-order chi connectivity index (χ0) is 21.0. The highest BCUT2D eigenvalue weighted by Gasteiger charge is 2.15. The van der Waals surface area contributed by atoms with E-state index in [1.165, 1.54) is 30.5 Å². The summed E-state index contributed by atoms with van der Waals surface area (Å²) in [6.45, 7) is 3.28. The first kappa shape index (κ1) is 20.1. The summed E-state index contributed by atoms with van der Waals surface area (Å²) in [4.78, 5) is 35.5. The number of furan rings is 1. The largest absolute Gasteiger partial charge is 0.464 e. The van der Waals surface area contributed by atoms with Crippen LogP contribution in [0.15, 0.2) is 47.1 Å². The third-order valence-corrected chi connectivity index (χ3v) is 4.34. The summed E-state index contributed by atoms with van der Waals surface area (Å²) in [7, 11) is 0. The molecule has 0 aliphatic carbocycles. The highest BCUT2D eigenvalue weighted by molar-refractivity contribution is 6.02. The number of carbonyl (C=O) groups is 3. The van der Waals surface area contributed by atoms with Gasteiger partial charge in [0.05, 0.1) is 18.4 Å². The van der Waals surface area contributed by atoms with Crippen molar-refractivity contribution in [1.82, 2.24) is 5.32 Å². The lowest BCUT2D eigenvalue weighted by atomic mass is 10.0. The molecular weight excluding hydrogens is 379 g/mol. The van der Waals surface area contributed by atoms with Gasteiger partial charge in [-0.1, -0.05) is 12.1 Å². The minimum atomic E-state index is -0.928. The maximum atomic E-state index is 13.5. The monoisotopic (exact) mass is 398 g/mol. The fourth-order valence-electron chi connectivity index (χ4n) is 2.70. The number of nitrogens with one attached hydrogen (secondary N) is 2. The number of hydrogen-bond acceptors (Lipinski definition) is 5. The molecule has 3 rings (SSSR count). The molecule has 3 aromatic rings. The van der Waals surface area contributed by atoms with E-state index in [0.29, 0.717) is 11.1 Å². The van der Waals surface area contributed by atoms with Crippen molar-refractivity contribution in [1.29, 1.82) is 0 Å². The molecule has 2 aromatic carbocycles. The van der Waals surface area contributed by atoms with Crippen LogP contribution in [0.3, 0.4) is 0 Å². The Morgan fingerprint density at radius 1 is 1.10 bits per heavy atom. The van der Waals surface area contributed by atoms with Crippen molar-refractivity contribution >= 4 is 34.6 Å². The summed E-state index contributed by atoms with van der Waals surface area (Å²) in [5, 5.41) is 4.96. The second kappa shape index (κ2) is 8.55. The number of urea groups is 1. The van der Waals surface area contributed by atoms with E-state index >= 15 is 0 Å². The molecule has 0 unspecified atom stereocenters. The predicted molar refractivity (Wildman–Crippen MR) is 104 cm³/mol. The van der Waals surface area contributed by atoms with E-state index < -0.39 is 30.3 Å². The van der Waals surface area contributed by atoms with Crippen LogP contribution in [0.2, 0.25) is 0 Å². The molecule has 1 heterocycles. The number of halogens is 1. The first-order chi connectivity index (χ1) is 13.8. The Balaban J connectivity index is 1.50. The average Bonchev–Trinajstić information content (AvgIpc) is 3.04. The zero-order valence-corrected chi connectivity index (χ0v) is 15.9. The Morgan fingerprint density at radius 3 is 2.59 bits per heavy atom. The Hall–Kier alpha value is -3.68. The van der Waals surface area contributed by atoms with Crippen molar-refractivity contribution in [2.75, 3.05) is 11.9 Å². The Bertz CT molecular complexity index is 1090. The van der Waals surface area contributed by atoms with Crippen LogP contribution in [-0.4, -0.2) is 24.5 Å². The van der Waals surface area contributed by atoms with Crippen LogP contribution in [0.4, 0.5) is 14.9 Å². The third-order valence-electron chi connectivity index (χ3n) is 4.34. The van der Waals surface area contributed by atoms with Gasteiger partial charge < -0.3 is 14.5 Å². The molecule has 7 nitrogen and oxygen atoms in total. The topological polar surface area (TPSA) is 97.6 Å². The van der Waals surface area contributed by atoms with Gasteiger partial charge in [-0.3, -0.25) is 14.9 Å². The van der Waals surface area contributed by atoms with Crippen LogP contribution in [0, 0.1) is 19.7 Å². The van der Waals surface area contributed by atoms with Gasteiger partial charge in [0.2, 0.25) is 0 Å². The second-order valence-electron chi connectivity index (χ2n) is 6.51. The van der Waals surface area contributed by atoms with Crippen molar-refractivity contribution in [2.24, 2.45) is 0 Å². The van der Waals surface area contributed by atoms with Crippen LogP contribution in [-0.2, 0) is 20.7 Å². The van der Waals surface area contributed by atoms with E-state index in [4.69, 9.17) is 9.15 Å². The molecule has 0 bridgehead atoms. The minimum Gasteiger partial charge on any atom is -0.464 e. The van der Waals surface area contributed by atoms with Crippen molar-refractivity contribution in [3.05, 3.63) is 65.2 Å². The van der Waals surface area contributed by atoms with Gasteiger partial charge in [0, 0.05) is 10.9 Å². The number of fused-ring (bicyclic) bond motifs is 1. The third kappa shape index (κ3) is 4.98. The van der Waals surface area contributed by atoms with E-state index in [2.05, 4.69) is 5.32 Å². The summed E-state index contributed by atoms with van der Waals surface area (Å²) >= 11 is 0. The van der Waals surface area contributed by atoms with Gasteiger partial charge in [0.25, 0.3) is 5.91 Å². The first-order valence-electron chi connectivity index (χ1n) is 8.82. The number of aryl methyl sites for hydroxylation is 2. The number of amides is 3. The van der Waals surface area contributed by atoms with Crippen molar-refractivity contribution in [2.45, 2.75) is 20.3 Å². The van der Waals surface area contributed by atoms with Gasteiger partial charge in [0.1, 0.15) is 11.4 Å². The molecule has 0 radical (unpaired) electrons. The SMILES string of the molecule is Cc1cc2occ(CC(=O)OCC(=O)NC(=O)Nc3ccccc3F)c2cc1C. The van der Waals surface area contributed by atoms with Gasteiger partial charge in [-0.15, -0.1) is 0 Å². The number of benzene rings is 2. The number of carbonyl (C=O) groups excluding carboxylic acids is 3. The van der Waals surface area contributed by atoms with Crippen LogP contribution >= 0.6 is 0 Å².